The number of hydrogen-bond acceptors (Lipinski definition) is 4. The Morgan fingerprint density at radius 2 is 1.64 bits per heavy atom. The van der Waals surface area contributed by atoms with Crippen molar-refractivity contribution in [2.24, 2.45) is 0 Å². The highest BCUT2D eigenvalue weighted by Crippen LogP contribution is 2.11. The third-order valence-electron chi connectivity index (χ3n) is 4.37. The van der Waals surface area contributed by atoms with Crippen LogP contribution in [0.1, 0.15) is 39.1 Å². The van der Waals surface area contributed by atoms with Gasteiger partial charge in [0.15, 0.2) is 5.78 Å². The van der Waals surface area contributed by atoms with Crippen LogP contribution in [0.3, 0.4) is 0 Å². The predicted octanol–water partition coefficient (Wildman–Crippen LogP) is 2.38. The Hall–Kier alpha value is -3.48. The van der Waals surface area contributed by atoms with Crippen LogP contribution in [0.5, 0.6) is 0 Å². The summed E-state index contributed by atoms with van der Waals surface area (Å²) in [6, 6.07) is 12.5. The second-order valence-electron chi connectivity index (χ2n) is 6.53. The molecular weight excluding hydrogens is 356 g/mol. The summed E-state index contributed by atoms with van der Waals surface area (Å²) in [5.41, 5.74) is 3.80. The number of nitrogens with zero attached hydrogens (tertiary/aromatic N) is 1. The fourth-order valence-corrected chi connectivity index (χ4v) is 2.76. The van der Waals surface area contributed by atoms with Crippen LogP contribution in [-0.2, 0) is 4.79 Å². The van der Waals surface area contributed by atoms with Gasteiger partial charge in [-0.1, -0.05) is 29.8 Å². The summed E-state index contributed by atoms with van der Waals surface area (Å²) < 4.78 is 0. The highest BCUT2D eigenvalue weighted by molar-refractivity contribution is 5.98. The van der Waals surface area contributed by atoms with Crippen LogP contribution in [0.25, 0.3) is 11.0 Å². The molecule has 0 aliphatic carbocycles. The van der Waals surface area contributed by atoms with E-state index < -0.39 is 0 Å². The molecule has 0 saturated carbocycles. The van der Waals surface area contributed by atoms with Crippen molar-refractivity contribution in [2.45, 2.75) is 19.8 Å². The number of fused-ring (bicyclic) bond motifs is 1. The summed E-state index contributed by atoms with van der Waals surface area (Å²) in [6.45, 7) is 2.56. The van der Waals surface area contributed by atoms with Crippen LogP contribution < -0.4 is 10.6 Å². The molecule has 1 heterocycles. The lowest BCUT2D eigenvalue weighted by Gasteiger charge is -2.07. The average molecular weight is 378 g/mol. The summed E-state index contributed by atoms with van der Waals surface area (Å²) in [5.74, 6) is -0.494. The van der Waals surface area contributed by atoms with Gasteiger partial charge in [-0.2, -0.15) is 0 Å². The molecule has 0 bridgehead atoms. The van der Waals surface area contributed by atoms with Gasteiger partial charge in [-0.05, 0) is 25.1 Å². The van der Waals surface area contributed by atoms with E-state index in [1.165, 1.54) is 0 Å². The molecule has 1 aromatic heterocycles. The molecule has 0 saturated heterocycles. The van der Waals surface area contributed by atoms with Gasteiger partial charge >= 0.3 is 0 Å². The Morgan fingerprint density at radius 3 is 2.43 bits per heavy atom. The summed E-state index contributed by atoms with van der Waals surface area (Å²) in [6.07, 6.45) is 1.86. The van der Waals surface area contributed by atoms with Gasteiger partial charge < -0.3 is 15.6 Å². The first-order valence-electron chi connectivity index (χ1n) is 9.11. The quantitative estimate of drug-likeness (QED) is 0.413. The van der Waals surface area contributed by atoms with E-state index in [1.807, 2.05) is 19.1 Å². The maximum absolute atomic E-state index is 12.1. The Kier molecular flexibility index (Phi) is 6.16. The van der Waals surface area contributed by atoms with E-state index in [4.69, 9.17) is 0 Å². The number of rotatable bonds is 8. The van der Waals surface area contributed by atoms with Crippen LogP contribution >= 0.6 is 0 Å². The molecule has 2 aromatic carbocycles. The van der Waals surface area contributed by atoms with Gasteiger partial charge in [-0.15, -0.1) is 0 Å². The fourth-order valence-electron chi connectivity index (χ4n) is 2.76. The van der Waals surface area contributed by atoms with E-state index in [1.54, 1.807) is 36.7 Å². The maximum atomic E-state index is 12.1. The normalized spacial score (nSPS) is 10.6. The van der Waals surface area contributed by atoms with Crippen LogP contribution in [-0.4, -0.2) is 40.7 Å². The van der Waals surface area contributed by atoms with E-state index in [0.29, 0.717) is 24.2 Å². The molecule has 0 atom stereocenters. The van der Waals surface area contributed by atoms with Gasteiger partial charge in [-0.3, -0.25) is 14.4 Å². The number of hydrogen-bond donors (Lipinski definition) is 3. The lowest BCUT2D eigenvalue weighted by molar-refractivity contribution is -0.121. The topological polar surface area (TPSA) is 104 Å². The maximum Gasteiger partial charge on any atom is 0.251 e. The third-order valence-corrected chi connectivity index (χ3v) is 4.37. The predicted molar refractivity (Wildman–Crippen MR) is 106 cm³/mol. The van der Waals surface area contributed by atoms with Gasteiger partial charge in [0.1, 0.15) is 0 Å². The minimum Gasteiger partial charge on any atom is -0.354 e. The van der Waals surface area contributed by atoms with Crippen molar-refractivity contribution in [3.05, 3.63) is 65.5 Å². The molecule has 3 rings (SSSR count). The number of Topliss-reactive ketones (excluding diaryl/α,β-unsaturated/α-hetero) is 1. The third kappa shape index (κ3) is 5.03. The van der Waals surface area contributed by atoms with Crippen LogP contribution in [0.2, 0.25) is 0 Å². The molecule has 0 unspecified atom stereocenters. The molecule has 7 heteroatoms. The number of H-pyrrole nitrogens is 1. The molecule has 0 radical (unpaired) electrons. The van der Waals surface area contributed by atoms with Crippen molar-refractivity contribution >= 4 is 28.6 Å². The Morgan fingerprint density at radius 1 is 0.929 bits per heavy atom. The van der Waals surface area contributed by atoms with Crippen molar-refractivity contribution in [2.75, 3.05) is 13.1 Å². The number of ketones is 1. The minimum atomic E-state index is -0.222. The van der Waals surface area contributed by atoms with Crippen LogP contribution in [0, 0.1) is 6.92 Å². The first-order valence-corrected chi connectivity index (χ1v) is 9.11. The number of benzene rings is 2. The Bertz CT molecular complexity index is 992. The smallest absolute Gasteiger partial charge is 0.251 e. The van der Waals surface area contributed by atoms with E-state index in [2.05, 4.69) is 20.6 Å². The number of amides is 2. The number of nitrogens with one attached hydrogen (secondary N) is 3. The highest BCUT2D eigenvalue weighted by Gasteiger charge is 2.10. The second kappa shape index (κ2) is 8.94. The van der Waals surface area contributed by atoms with Crippen molar-refractivity contribution in [1.82, 2.24) is 20.6 Å². The standard InChI is InChI=1S/C21H22N4O3/c1-14-2-4-15(5-3-14)19(26)8-9-20(27)22-10-11-23-21(28)16-6-7-17-18(12-16)25-13-24-17/h2-7,12-13H,8-11H2,1H3,(H,22,27)(H,23,28)(H,24,25). The monoisotopic (exact) mass is 378 g/mol. The van der Waals surface area contributed by atoms with Crippen LogP contribution in [0.4, 0.5) is 0 Å². The highest BCUT2D eigenvalue weighted by atomic mass is 16.2. The fraction of sp³-hybridized carbons (Fsp3) is 0.238. The molecule has 3 N–H and O–H groups in total. The van der Waals surface area contributed by atoms with Gasteiger partial charge in [-0.25, -0.2) is 4.98 Å². The molecule has 0 spiro atoms. The first kappa shape index (κ1) is 19.3. The van der Waals surface area contributed by atoms with E-state index >= 15 is 0 Å². The summed E-state index contributed by atoms with van der Waals surface area (Å²) in [5, 5.41) is 5.46. The largest absolute Gasteiger partial charge is 0.354 e. The zero-order valence-corrected chi connectivity index (χ0v) is 15.6. The zero-order chi connectivity index (χ0) is 19.9. The number of aryl methyl sites for hydroxylation is 1. The molecule has 2 amide bonds. The Balaban J connectivity index is 1.36. The molecule has 144 valence electrons. The number of imidazole rings is 1. The van der Waals surface area contributed by atoms with Crippen molar-refractivity contribution in [3.8, 4) is 0 Å². The van der Waals surface area contributed by atoms with Gasteiger partial charge in [0, 0.05) is 37.1 Å². The van der Waals surface area contributed by atoms with Crippen LogP contribution in [0.15, 0.2) is 48.8 Å². The molecule has 3 aromatic rings. The van der Waals surface area contributed by atoms with Gasteiger partial charge in [0.05, 0.1) is 17.4 Å². The van der Waals surface area contributed by atoms with E-state index in [0.717, 1.165) is 16.6 Å². The van der Waals surface area contributed by atoms with Crippen molar-refractivity contribution in [1.29, 1.82) is 0 Å². The van der Waals surface area contributed by atoms with E-state index in [-0.39, 0.29) is 30.4 Å². The van der Waals surface area contributed by atoms with Gasteiger partial charge in [0.2, 0.25) is 5.91 Å². The van der Waals surface area contributed by atoms with E-state index in [9.17, 15) is 14.4 Å². The Labute approximate surface area is 162 Å². The molecule has 0 aliphatic rings. The van der Waals surface area contributed by atoms with Crippen molar-refractivity contribution in [3.63, 3.8) is 0 Å². The summed E-state index contributed by atoms with van der Waals surface area (Å²) in [7, 11) is 0. The number of aromatic nitrogens is 2. The van der Waals surface area contributed by atoms with Gasteiger partial charge in [0.25, 0.3) is 5.91 Å². The number of carbonyl (C=O) groups excluding carboxylic acids is 3. The molecule has 0 aliphatic heterocycles. The summed E-state index contributed by atoms with van der Waals surface area (Å²) >= 11 is 0. The lowest BCUT2D eigenvalue weighted by atomic mass is 10.1. The molecule has 7 nitrogen and oxygen atoms in total. The molecular formula is C21H22N4O3. The average Bonchev–Trinajstić information content (AvgIpc) is 3.17. The number of carbonyl (C=O) groups is 3. The SMILES string of the molecule is Cc1ccc(C(=O)CCC(=O)NCCNC(=O)c2ccc3nc[nH]c3c2)cc1. The zero-order valence-electron chi connectivity index (χ0n) is 15.6. The first-order chi connectivity index (χ1) is 13.5. The second-order valence-corrected chi connectivity index (χ2v) is 6.53. The lowest BCUT2D eigenvalue weighted by Crippen LogP contribution is -2.34. The molecule has 0 fully saturated rings. The van der Waals surface area contributed by atoms with Crippen molar-refractivity contribution < 1.29 is 14.4 Å². The summed E-state index contributed by atoms with van der Waals surface area (Å²) in [4.78, 5) is 43.2. The molecule has 28 heavy (non-hydrogen) atoms. The number of aromatic amines is 1. The minimum absolute atomic E-state index is 0.0577.